The molecule has 0 amide bonds. The Balaban J connectivity index is 2.27. The second kappa shape index (κ2) is 5.02. The molecular weight excluding hydrogens is 260 g/mol. The van der Waals surface area contributed by atoms with Crippen LogP contribution in [0.2, 0.25) is 0 Å². The zero-order valence-electron chi connectivity index (χ0n) is 9.05. The fraction of sp³-hybridized carbons (Fsp3) is 0.455. The van der Waals surface area contributed by atoms with Crippen LogP contribution in [-0.4, -0.2) is 30.3 Å². The first kappa shape index (κ1) is 12.3. The Morgan fingerprint density at radius 3 is 2.44 bits per heavy atom. The molecule has 1 saturated heterocycles. The van der Waals surface area contributed by atoms with Crippen LogP contribution < -0.4 is 0 Å². The molecule has 0 aromatic heterocycles. The van der Waals surface area contributed by atoms with Crippen molar-refractivity contribution in [2.45, 2.75) is 16.4 Å². The average Bonchev–Trinajstić information content (AvgIpc) is 2.31. The number of sulfone groups is 1. The van der Waals surface area contributed by atoms with E-state index >= 15 is 0 Å². The second-order valence-electron chi connectivity index (χ2n) is 3.73. The van der Waals surface area contributed by atoms with E-state index < -0.39 is 9.84 Å². The lowest BCUT2D eigenvalue weighted by molar-refractivity contribution is 0.595. The first-order valence-electron chi connectivity index (χ1n) is 5.10. The maximum absolute atomic E-state index is 12.3. The van der Waals surface area contributed by atoms with Crippen molar-refractivity contribution in [1.29, 1.82) is 0 Å². The van der Waals surface area contributed by atoms with Crippen LogP contribution in [-0.2, 0) is 9.84 Å². The quantitative estimate of drug-likeness (QED) is 0.830. The van der Waals surface area contributed by atoms with Gasteiger partial charge in [-0.25, -0.2) is 8.42 Å². The molecule has 1 aromatic rings. The number of benzene rings is 1. The van der Waals surface area contributed by atoms with E-state index in [2.05, 4.69) is 0 Å². The van der Waals surface area contributed by atoms with Crippen molar-refractivity contribution < 1.29 is 8.42 Å². The Bertz CT molecular complexity index is 445. The first-order chi connectivity index (χ1) is 7.60. The van der Waals surface area contributed by atoms with Crippen LogP contribution in [0.4, 0.5) is 0 Å². The molecule has 1 heterocycles. The van der Waals surface area contributed by atoms with E-state index in [9.17, 15) is 8.42 Å². The van der Waals surface area contributed by atoms with Gasteiger partial charge in [0, 0.05) is 17.3 Å². The Hall–Kier alpha value is -0.130. The second-order valence-corrected chi connectivity index (χ2v) is 8.62. The van der Waals surface area contributed by atoms with Gasteiger partial charge in [-0.05, 0) is 19.1 Å². The highest BCUT2D eigenvalue weighted by Gasteiger charge is 2.29. The standard InChI is InChI=1S/C11H14O2S3/c1-9-2-4-10(5-3-9)16(12,13)11-8-14-6-7-15-11/h2-5,11H,6-8H2,1H3. The van der Waals surface area contributed by atoms with Crippen molar-refractivity contribution in [2.24, 2.45) is 0 Å². The molecule has 1 aliphatic rings. The minimum atomic E-state index is -3.14. The van der Waals surface area contributed by atoms with E-state index in [1.54, 1.807) is 35.7 Å². The molecule has 2 nitrogen and oxygen atoms in total. The van der Waals surface area contributed by atoms with E-state index in [4.69, 9.17) is 0 Å². The third kappa shape index (κ3) is 2.57. The van der Waals surface area contributed by atoms with E-state index in [1.165, 1.54) is 0 Å². The van der Waals surface area contributed by atoms with Crippen molar-refractivity contribution in [3.8, 4) is 0 Å². The van der Waals surface area contributed by atoms with Crippen LogP contribution in [0, 0.1) is 6.92 Å². The molecule has 1 fully saturated rings. The largest absolute Gasteiger partial charge is 0.223 e. The van der Waals surface area contributed by atoms with Crippen molar-refractivity contribution in [3.63, 3.8) is 0 Å². The minimum Gasteiger partial charge on any atom is -0.223 e. The van der Waals surface area contributed by atoms with E-state index in [-0.39, 0.29) is 4.58 Å². The summed E-state index contributed by atoms with van der Waals surface area (Å²) >= 11 is 3.29. The summed E-state index contributed by atoms with van der Waals surface area (Å²) in [6.07, 6.45) is 0. The summed E-state index contributed by atoms with van der Waals surface area (Å²) in [6.45, 7) is 1.96. The maximum Gasteiger partial charge on any atom is 0.191 e. The average molecular weight is 274 g/mol. The van der Waals surface area contributed by atoms with Crippen LogP contribution >= 0.6 is 23.5 Å². The Morgan fingerprint density at radius 1 is 1.19 bits per heavy atom. The van der Waals surface area contributed by atoms with Crippen LogP contribution in [0.15, 0.2) is 29.2 Å². The lowest BCUT2D eigenvalue weighted by Crippen LogP contribution is -2.24. The lowest BCUT2D eigenvalue weighted by Gasteiger charge is -2.21. The monoisotopic (exact) mass is 274 g/mol. The highest BCUT2D eigenvalue weighted by atomic mass is 32.3. The van der Waals surface area contributed by atoms with Gasteiger partial charge in [-0.3, -0.25) is 0 Å². The van der Waals surface area contributed by atoms with E-state index in [1.807, 2.05) is 19.1 Å². The van der Waals surface area contributed by atoms with Crippen LogP contribution in [0.1, 0.15) is 5.56 Å². The number of aryl methyl sites for hydroxylation is 1. The number of hydrogen-bond donors (Lipinski definition) is 0. The van der Waals surface area contributed by atoms with Gasteiger partial charge >= 0.3 is 0 Å². The summed E-state index contributed by atoms with van der Waals surface area (Å²) in [5.74, 6) is 2.70. The minimum absolute atomic E-state index is 0.269. The molecule has 2 rings (SSSR count). The van der Waals surface area contributed by atoms with Crippen molar-refractivity contribution in [1.82, 2.24) is 0 Å². The summed E-state index contributed by atoms with van der Waals surface area (Å²) in [5, 5.41) is 0. The molecule has 1 aromatic carbocycles. The molecule has 0 spiro atoms. The third-order valence-corrected chi connectivity index (χ3v) is 8.16. The molecule has 0 saturated carbocycles. The first-order valence-corrected chi connectivity index (χ1v) is 8.85. The summed E-state index contributed by atoms with van der Waals surface area (Å²) in [6, 6.07) is 7.13. The van der Waals surface area contributed by atoms with E-state index in [0.717, 1.165) is 17.1 Å². The Morgan fingerprint density at radius 2 is 1.88 bits per heavy atom. The van der Waals surface area contributed by atoms with Gasteiger partial charge in [0.1, 0.15) is 4.58 Å². The number of rotatable bonds is 2. The Labute approximate surface area is 105 Å². The molecular formula is C11H14O2S3. The predicted molar refractivity (Wildman–Crippen MR) is 71.9 cm³/mol. The van der Waals surface area contributed by atoms with Crippen LogP contribution in [0.25, 0.3) is 0 Å². The summed E-state index contributed by atoms with van der Waals surface area (Å²) in [5.41, 5.74) is 1.09. The van der Waals surface area contributed by atoms with Gasteiger partial charge in [0.2, 0.25) is 0 Å². The van der Waals surface area contributed by atoms with Gasteiger partial charge in [0.05, 0.1) is 4.90 Å². The highest BCUT2D eigenvalue weighted by molar-refractivity contribution is 8.16. The molecule has 88 valence electrons. The fourth-order valence-electron chi connectivity index (χ4n) is 1.53. The van der Waals surface area contributed by atoms with Crippen molar-refractivity contribution in [2.75, 3.05) is 17.3 Å². The zero-order chi connectivity index (χ0) is 11.6. The van der Waals surface area contributed by atoms with Gasteiger partial charge < -0.3 is 0 Å². The predicted octanol–water partition coefficient (Wildman–Crippen LogP) is 2.57. The molecule has 1 aliphatic heterocycles. The summed E-state index contributed by atoms with van der Waals surface area (Å²) in [7, 11) is -3.14. The van der Waals surface area contributed by atoms with E-state index in [0.29, 0.717) is 10.6 Å². The van der Waals surface area contributed by atoms with Crippen molar-refractivity contribution >= 4 is 33.4 Å². The van der Waals surface area contributed by atoms with Crippen molar-refractivity contribution in [3.05, 3.63) is 29.8 Å². The molecule has 0 bridgehead atoms. The number of thioether (sulfide) groups is 2. The molecule has 0 N–H and O–H groups in total. The molecule has 5 heteroatoms. The Kier molecular flexibility index (Phi) is 3.87. The smallest absolute Gasteiger partial charge is 0.191 e. The molecule has 0 aliphatic carbocycles. The van der Waals surface area contributed by atoms with Gasteiger partial charge in [0.15, 0.2) is 9.84 Å². The zero-order valence-corrected chi connectivity index (χ0v) is 11.5. The SMILES string of the molecule is Cc1ccc(S(=O)(=O)C2CSCCS2)cc1. The summed E-state index contributed by atoms with van der Waals surface area (Å²) < 4.78 is 24.3. The van der Waals surface area contributed by atoms with Crippen LogP contribution in [0.5, 0.6) is 0 Å². The summed E-state index contributed by atoms with van der Waals surface area (Å²) in [4.78, 5) is 0.457. The molecule has 16 heavy (non-hydrogen) atoms. The number of hydrogen-bond acceptors (Lipinski definition) is 4. The topological polar surface area (TPSA) is 34.1 Å². The van der Waals surface area contributed by atoms with Gasteiger partial charge in [-0.15, -0.1) is 11.8 Å². The van der Waals surface area contributed by atoms with Gasteiger partial charge in [-0.1, -0.05) is 17.7 Å². The molecule has 0 radical (unpaired) electrons. The normalized spacial score (nSPS) is 21.9. The van der Waals surface area contributed by atoms with Crippen LogP contribution in [0.3, 0.4) is 0 Å². The lowest BCUT2D eigenvalue weighted by atomic mass is 10.2. The maximum atomic E-state index is 12.3. The van der Waals surface area contributed by atoms with Gasteiger partial charge in [0.25, 0.3) is 0 Å². The third-order valence-electron chi connectivity index (χ3n) is 2.48. The molecule has 1 atom stereocenters. The fourth-order valence-corrected chi connectivity index (χ4v) is 6.84. The van der Waals surface area contributed by atoms with Gasteiger partial charge in [-0.2, -0.15) is 11.8 Å². The molecule has 1 unspecified atom stereocenters. The highest BCUT2D eigenvalue weighted by Crippen LogP contribution is 2.31.